The lowest BCUT2D eigenvalue weighted by Crippen LogP contribution is -2.26. The standard InChI is InChI=1S/C37H48O12/c1-19-20(2)33(49-32(19)23-13-26(39-5)35(45-11)27(14-23)40-6)24-15-30(43-9)37(31(16-24)44-10)47-21(3)34(48-22(4)38)25-17-28(41-7)36(46-12)29(18-25)42-8/h13-21,32-34H,1-12H3/t19-,20-,21+,32+,33+,34+/m1/s1. The topological polar surface area (TPSA) is 119 Å². The van der Waals surface area contributed by atoms with E-state index in [0.717, 1.165) is 11.1 Å². The highest BCUT2D eigenvalue weighted by Crippen LogP contribution is 2.53. The summed E-state index contributed by atoms with van der Waals surface area (Å²) in [4.78, 5) is 12.3. The van der Waals surface area contributed by atoms with Gasteiger partial charge >= 0.3 is 5.97 Å². The second-order valence-electron chi connectivity index (χ2n) is 11.7. The van der Waals surface area contributed by atoms with Crippen LogP contribution in [0.1, 0.15) is 62.7 Å². The number of hydrogen-bond donors (Lipinski definition) is 0. The number of methoxy groups -OCH3 is 8. The summed E-state index contributed by atoms with van der Waals surface area (Å²) in [5.74, 6) is 3.79. The third-order valence-electron chi connectivity index (χ3n) is 8.94. The molecule has 3 aromatic rings. The molecule has 6 atom stereocenters. The minimum atomic E-state index is -0.862. The quantitative estimate of drug-likeness (QED) is 0.155. The van der Waals surface area contributed by atoms with E-state index < -0.39 is 18.2 Å². The van der Waals surface area contributed by atoms with Crippen LogP contribution in [0.4, 0.5) is 0 Å². The number of hydrogen-bond acceptors (Lipinski definition) is 12. The van der Waals surface area contributed by atoms with Crippen LogP contribution in [0.5, 0.6) is 51.7 Å². The molecular formula is C37H48O12. The van der Waals surface area contributed by atoms with Gasteiger partial charge in [-0.05, 0) is 66.3 Å². The van der Waals surface area contributed by atoms with E-state index in [0.29, 0.717) is 57.3 Å². The lowest BCUT2D eigenvalue weighted by Gasteiger charge is -2.28. The summed E-state index contributed by atoms with van der Waals surface area (Å²) in [6.45, 7) is 7.43. The van der Waals surface area contributed by atoms with Gasteiger partial charge in [0.1, 0.15) is 6.10 Å². The van der Waals surface area contributed by atoms with Gasteiger partial charge in [0.15, 0.2) is 40.6 Å². The van der Waals surface area contributed by atoms with Crippen LogP contribution < -0.4 is 42.6 Å². The van der Waals surface area contributed by atoms with Gasteiger partial charge < -0.3 is 52.1 Å². The molecule has 12 nitrogen and oxygen atoms in total. The van der Waals surface area contributed by atoms with Gasteiger partial charge in [0, 0.05) is 12.5 Å². The molecule has 3 aromatic carbocycles. The van der Waals surface area contributed by atoms with Crippen LogP contribution in [-0.2, 0) is 14.3 Å². The Balaban J connectivity index is 1.70. The van der Waals surface area contributed by atoms with Crippen molar-refractivity contribution in [3.63, 3.8) is 0 Å². The van der Waals surface area contributed by atoms with Gasteiger partial charge in [0.2, 0.25) is 17.2 Å². The molecule has 0 aromatic heterocycles. The number of esters is 1. The van der Waals surface area contributed by atoms with Gasteiger partial charge in [0.05, 0.1) is 69.1 Å². The molecule has 0 aliphatic carbocycles. The smallest absolute Gasteiger partial charge is 0.303 e. The summed E-state index contributed by atoms with van der Waals surface area (Å²) in [5, 5.41) is 0. The largest absolute Gasteiger partial charge is 0.493 e. The van der Waals surface area contributed by atoms with Crippen molar-refractivity contribution in [2.24, 2.45) is 11.8 Å². The Morgan fingerprint density at radius 1 is 0.571 bits per heavy atom. The van der Waals surface area contributed by atoms with Crippen LogP contribution in [0.25, 0.3) is 0 Å². The average molecular weight is 685 g/mol. The van der Waals surface area contributed by atoms with E-state index in [1.807, 2.05) is 24.3 Å². The summed E-state index contributed by atoms with van der Waals surface area (Å²) in [6, 6.07) is 11.1. The molecule has 0 bridgehead atoms. The van der Waals surface area contributed by atoms with E-state index >= 15 is 0 Å². The Hall–Kier alpha value is -4.71. The Morgan fingerprint density at radius 2 is 0.918 bits per heavy atom. The molecule has 1 aliphatic heterocycles. The van der Waals surface area contributed by atoms with Crippen molar-refractivity contribution in [1.82, 2.24) is 0 Å². The zero-order valence-corrected chi connectivity index (χ0v) is 30.3. The van der Waals surface area contributed by atoms with Crippen LogP contribution in [0, 0.1) is 11.8 Å². The third kappa shape index (κ3) is 7.49. The van der Waals surface area contributed by atoms with Crippen molar-refractivity contribution in [3.8, 4) is 51.7 Å². The van der Waals surface area contributed by atoms with E-state index in [-0.39, 0.29) is 24.0 Å². The van der Waals surface area contributed by atoms with E-state index in [9.17, 15) is 4.79 Å². The highest BCUT2D eigenvalue weighted by molar-refractivity contribution is 5.67. The van der Waals surface area contributed by atoms with Crippen molar-refractivity contribution in [2.45, 2.75) is 52.1 Å². The molecule has 12 heteroatoms. The number of carbonyl (C=O) groups is 1. The highest BCUT2D eigenvalue weighted by Gasteiger charge is 2.42. The lowest BCUT2D eigenvalue weighted by atomic mass is 9.85. The molecule has 0 amide bonds. The third-order valence-corrected chi connectivity index (χ3v) is 8.94. The maximum Gasteiger partial charge on any atom is 0.303 e. The fourth-order valence-electron chi connectivity index (χ4n) is 6.29. The summed E-state index contributed by atoms with van der Waals surface area (Å²) in [5.41, 5.74) is 2.34. The van der Waals surface area contributed by atoms with Crippen LogP contribution in [-0.4, -0.2) is 69.0 Å². The predicted molar refractivity (Wildman–Crippen MR) is 181 cm³/mol. The van der Waals surface area contributed by atoms with Crippen molar-refractivity contribution in [3.05, 3.63) is 53.1 Å². The molecule has 0 saturated carbocycles. The minimum absolute atomic E-state index is 0.109. The molecule has 268 valence electrons. The van der Waals surface area contributed by atoms with Crippen molar-refractivity contribution >= 4 is 5.97 Å². The number of rotatable bonds is 15. The molecule has 49 heavy (non-hydrogen) atoms. The normalized spacial score (nSPS) is 19.7. The van der Waals surface area contributed by atoms with Crippen molar-refractivity contribution in [1.29, 1.82) is 0 Å². The lowest BCUT2D eigenvalue weighted by molar-refractivity contribution is -0.151. The Bertz CT molecular complexity index is 1530. The van der Waals surface area contributed by atoms with Gasteiger partial charge in [-0.3, -0.25) is 4.79 Å². The Labute approximate surface area is 288 Å². The van der Waals surface area contributed by atoms with Gasteiger partial charge in [-0.15, -0.1) is 0 Å². The maximum atomic E-state index is 12.3. The summed E-state index contributed by atoms with van der Waals surface area (Å²) >= 11 is 0. The molecule has 1 aliphatic rings. The molecule has 1 saturated heterocycles. The van der Waals surface area contributed by atoms with E-state index in [4.69, 9.17) is 52.1 Å². The molecule has 0 unspecified atom stereocenters. The first-order valence-electron chi connectivity index (χ1n) is 15.8. The zero-order valence-electron chi connectivity index (χ0n) is 30.3. The van der Waals surface area contributed by atoms with Crippen LogP contribution in [0.15, 0.2) is 36.4 Å². The van der Waals surface area contributed by atoms with Crippen LogP contribution >= 0.6 is 0 Å². The number of ether oxygens (including phenoxy) is 11. The second-order valence-corrected chi connectivity index (χ2v) is 11.7. The Morgan fingerprint density at radius 3 is 1.24 bits per heavy atom. The molecule has 4 rings (SSSR count). The monoisotopic (exact) mass is 684 g/mol. The molecule has 0 radical (unpaired) electrons. The van der Waals surface area contributed by atoms with Crippen molar-refractivity contribution in [2.75, 3.05) is 56.9 Å². The van der Waals surface area contributed by atoms with E-state index in [1.165, 1.54) is 28.3 Å². The van der Waals surface area contributed by atoms with E-state index in [2.05, 4.69) is 13.8 Å². The van der Waals surface area contributed by atoms with Crippen molar-refractivity contribution < 1.29 is 56.9 Å². The van der Waals surface area contributed by atoms with Crippen LogP contribution in [0.2, 0.25) is 0 Å². The minimum Gasteiger partial charge on any atom is -0.493 e. The molecular weight excluding hydrogens is 636 g/mol. The maximum absolute atomic E-state index is 12.3. The molecule has 0 spiro atoms. The first-order chi connectivity index (χ1) is 23.5. The molecule has 1 heterocycles. The summed E-state index contributed by atoms with van der Waals surface area (Å²) in [6.07, 6.45) is -2.14. The average Bonchev–Trinajstić information content (AvgIpc) is 3.41. The zero-order chi connectivity index (χ0) is 36.0. The fourth-order valence-corrected chi connectivity index (χ4v) is 6.29. The van der Waals surface area contributed by atoms with Gasteiger partial charge in [-0.25, -0.2) is 0 Å². The van der Waals surface area contributed by atoms with E-state index in [1.54, 1.807) is 54.6 Å². The number of benzene rings is 3. The molecule has 1 fully saturated rings. The summed E-state index contributed by atoms with van der Waals surface area (Å²) in [7, 11) is 12.4. The highest BCUT2D eigenvalue weighted by atomic mass is 16.6. The number of carbonyl (C=O) groups excluding carboxylic acids is 1. The fraction of sp³-hybridized carbons (Fsp3) is 0.486. The Kier molecular flexibility index (Phi) is 12.2. The predicted octanol–water partition coefficient (Wildman–Crippen LogP) is 6.91. The van der Waals surface area contributed by atoms with Gasteiger partial charge in [-0.2, -0.15) is 0 Å². The first kappa shape index (κ1) is 37.1. The summed E-state index contributed by atoms with van der Waals surface area (Å²) < 4.78 is 64.0. The van der Waals surface area contributed by atoms with Gasteiger partial charge in [-0.1, -0.05) is 13.8 Å². The first-order valence-corrected chi connectivity index (χ1v) is 15.8. The van der Waals surface area contributed by atoms with Crippen LogP contribution in [0.3, 0.4) is 0 Å². The van der Waals surface area contributed by atoms with Gasteiger partial charge in [0.25, 0.3) is 0 Å². The molecule has 0 N–H and O–H groups in total. The second kappa shape index (κ2) is 16.1. The SMILES string of the molecule is COc1cc([C@H]2O[C@H](c3cc(OC)c(O[C@@H](C)[C@H](OC(C)=O)c4cc(OC)c(OC)c(OC)c4)c(OC)c3)[C@H](C)[C@H]2C)cc(OC)c1OC.